The highest BCUT2D eigenvalue weighted by Gasteiger charge is 2.34. The molecule has 3 aromatic rings. The van der Waals surface area contributed by atoms with Gasteiger partial charge in [0, 0.05) is 81.7 Å². The lowest BCUT2D eigenvalue weighted by Gasteiger charge is -2.33. The van der Waals surface area contributed by atoms with Crippen LogP contribution in [0.15, 0.2) is 98.5 Å². The van der Waals surface area contributed by atoms with Gasteiger partial charge in [0.2, 0.25) is 11.9 Å². The molecule has 3 heterocycles. The van der Waals surface area contributed by atoms with E-state index < -0.39 is 0 Å². The Bertz CT molecular complexity index is 1700. The summed E-state index contributed by atoms with van der Waals surface area (Å²) in [7, 11) is 11.9. The van der Waals surface area contributed by atoms with Crippen LogP contribution in [0.4, 0.5) is 27.1 Å². The maximum atomic E-state index is 13.7. The Hall–Kier alpha value is -5.25. The number of amidine groups is 1. The van der Waals surface area contributed by atoms with Crippen molar-refractivity contribution >= 4 is 51.9 Å². The summed E-state index contributed by atoms with van der Waals surface area (Å²) in [5.74, 6) is 0.983. The van der Waals surface area contributed by atoms with E-state index in [2.05, 4.69) is 56.8 Å². The molecule has 3 aliphatic heterocycles. The first-order valence-corrected chi connectivity index (χ1v) is 13.6. The Labute approximate surface area is 244 Å². The predicted octanol–water partition coefficient (Wildman–Crippen LogP) is 5.26. The number of hydrogen-bond acceptors (Lipinski definition) is 9. The van der Waals surface area contributed by atoms with E-state index in [1.807, 2.05) is 59.3 Å². The first kappa shape index (κ1) is 26.9. The summed E-state index contributed by atoms with van der Waals surface area (Å²) in [6.07, 6.45) is 4.07. The van der Waals surface area contributed by atoms with E-state index >= 15 is 0 Å². The van der Waals surface area contributed by atoms with Crippen LogP contribution in [0, 0.1) is 5.82 Å². The molecule has 42 heavy (non-hydrogen) atoms. The fourth-order valence-corrected chi connectivity index (χ4v) is 5.00. The van der Waals surface area contributed by atoms with Gasteiger partial charge in [0.25, 0.3) is 0 Å². The zero-order chi connectivity index (χ0) is 29.5. The molecule has 0 saturated carbocycles. The number of nitrogens with zero attached hydrogens (tertiary/aromatic N) is 7. The Balaban J connectivity index is 1.54. The molecule has 0 saturated heterocycles. The Morgan fingerprint density at radius 2 is 1.26 bits per heavy atom. The summed E-state index contributed by atoms with van der Waals surface area (Å²) in [5, 5.41) is 6.64. The van der Waals surface area contributed by atoms with E-state index in [-0.39, 0.29) is 5.82 Å². The second kappa shape index (κ2) is 10.6. The number of nitrogens with one attached hydrogen (secondary N) is 2. The Morgan fingerprint density at radius 3 is 1.88 bits per heavy atom. The summed E-state index contributed by atoms with van der Waals surface area (Å²) in [6.45, 7) is 0. The highest BCUT2D eigenvalue weighted by molar-refractivity contribution is 6.27. The van der Waals surface area contributed by atoms with Crippen LogP contribution >= 0.6 is 0 Å². The second-order valence-electron chi connectivity index (χ2n) is 10.4. The van der Waals surface area contributed by atoms with E-state index in [4.69, 9.17) is 20.0 Å². The lowest BCUT2D eigenvalue weighted by atomic mass is 10.0. The van der Waals surface area contributed by atoms with Crippen molar-refractivity contribution in [2.75, 3.05) is 62.7 Å². The lowest BCUT2D eigenvalue weighted by molar-refractivity contribution is 0.628. The van der Waals surface area contributed by atoms with Gasteiger partial charge in [-0.25, -0.2) is 19.3 Å². The molecule has 0 amide bonds. The van der Waals surface area contributed by atoms with Gasteiger partial charge in [-0.2, -0.15) is 9.98 Å². The molecule has 6 rings (SSSR count). The van der Waals surface area contributed by atoms with Crippen molar-refractivity contribution in [1.29, 1.82) is 0 Å². The maximum absolute atomic E-state index is 13.7. The molecular formula is C32H32FN9. The number of anilines is 4. The van der Waals surface area contributed by atoms with Crippen molar-refractivity contribution in [3.05, 3.63) is 101 Å². The summed E-state index contributed by atoms with van der Waals surface area (Å²) >= 11 is 0. The minimum atomic E-state index is -0.325. The van der Waals surface area contributed by atoms with Gasteiger partial charge in [0.15, 0.2) is 5.84 Å². The third-order valence-corrected chi connectivity index (χ3v) is 7.31. The normalized spacial score (nSPS) is 15.4. The molecule has 9 nitrogen and oxygen atoms in total. The number of guanidine groups is 2. The first-order valence-electron chi connectivity index (χ1n) is 13.6. The van der Waals surface area contributed by atoms with E-state index in [0.29, 0.717) is 23.3 Å². The van der Waals surface area contributed by atoms with Gasteiger partial charge in [-0.15, -0.1) is 0 Å². The summed E-state index contributed by atoms with van der Waals surface area (Å²) in [6, 6.07) is 18.6. The zero-order valence-corrected chi connectivity index (χ0v) is 24.4. The fourth-order valence-electron chi connectivity index (χ4n) is 5.00. The number of allylic oxidation sites excluding steroid dienone is 2. The molecular weight excluding hydrogens is 529 g/mol. The SMILES string of the molecule is CNc1cc(N(C)C)ccc1C1=CC2=CC(c3ccc(N(C)C)cc3NC)=NC3=NC(c4ccc(F)cc4)=NC(=N1)N23. The quantitative estimate of drug-likeness (QED) is 0.412. The summed E-state index contributed by atoms with van der Waals surface area (Å²) in [5.41, 5.74) is 8.94. The molecule has 212 valence electrons. The number of rotatable bonds is 7. The van der Waals surface area contributed by atoms with Gasteiger partial charge in [0.1, 0.15) is 5.82 Å². The number of halogens is 1. The monoisotopic (exact) mass is 561 g/mol. The van der Waals surface area contributed by atoms with Crippen molar-refractivity contribution in [2.24, 2.45) is 20.0 Å². The van der Waals surface area contributed by atoms with Gasteiger partial charge in [-0.3, -0.25) is 0 Å². The van der Waals surface area contributed by atoms with Crippen molar-refractivity contribution < 1.29 is 4.39 Å². The van der Waals surface area contributed by atoms with Crippen LogP contribution in [-0.2, 0) is 0 Å². The third-order valence-electron chi connectivity index (χ3n) is 7.31. The minimum absolute atomic E-state index is 0.325. The summed E-state index contributed by atoms with van der Waals surface area (Å²) < 4.78 is 13.7. The third kappa shape index (κ3) is 4.81. The van der Waals surface area contributed by atoms with Crippen LogP contribution in [-0.4, -0.2) is 70.7 Å². The van der Waals surface area contributed by atoms with Crippen molar-refractivity contribution in [3.63, 3.8) is 0 Å². The minimum Gasteiger partial charge on any atom is -0.388 e. The van der Waals surface area contributed by atoms with Gasteiger partial charge in [0.05, 0.1) is 17.1 Å². The van der Waals surface area contributed by atoms with E-state index in [1.54, 1.807) is 12.1 Å². The Kier molecular flexibility index (Phi) is 6.82. The number of aliphatic imine (C=N–C) groups is 4. The molecule has 0 fully saturated rings. The molecule has 10 heteroatoms. The average Bonchev–Trinajstić information content (AvgIpc) is 3.00. The average molecular weight is 562 g/mol. The van der Waals surface area contributed by atoms with E-state index in [0.717, 1.165) is 51.0 Å². The molecule has 0 unspecified atom stereocenters. The molecule has 0 aromatic heterocycles. The van der Waals surface area contributed by atoms with Crippen molar-refractivity contribution in [1.82, 2.24) is 4.90 Å². The molecule has 0 bridgehead atoms. The van der Waals surface area contributed by atoms with Gasteiger partial charge in [-0.05, 0) is 72.8 Å². The zero-order valence-electron chi connectivity index (χ0n) is 24.4. The fraction of sp³-hybridized carbons (Fsp3) is 0.188. The van der Waals surface area contributed by atoms with Crippen molar-refractivity contribution in [2.45, 2.75) is 0 Å². The highest BCUT2D eigenvalue weighted by atomic mass is 19.1. The molecule has 3 aliphatic rings. The molecule has 3 aromatic carbocycles. The van der Waals surface area contributed by atoms with Crippen LogP contribution in [0.2, 0.25) is 0 Å². The molecule has 0 aliphatic carbocycles. The largest absolute Gasteiger partial charge is 0.388 e. The second-order valence-corrected chi connectivity index (χ2v) is 10.4. The standard InChI is InChI=1S/C32H32FN9/c1-34-26-15-21(40(3)4)11-13-24(26)28-17-23-18-29(25-14-12-22(41(5)6)16-27(25)35-2)37-32-39-30(38-31(36-28)42(23)32)19-7-9-20(33)10-8-19/h7-18,34-35H,1-6H3. The molecule has 0 radical (unpaired) electrons. The van der Waals surface area contributed by atoms with Crippen LogP contribution in [0.25, 0.3) is 5.70 Å². The van der Waals surface area contributed by atoms with Crippen LogP contribution in [0.1, 0.15) is 16.7 Å². The number of benzene rings is 3. The van der Waals surface area contributed by atoms with E-state index in [1.165, 1.54) is 12.1 Å². The van der Waals surface area contributed by atoms with Crippen LogP contribution in [0.5, 0.6) is 0 Å². The van der Waals surface area contributed by atoms with Crippen LogP contribution in [0.3, 0.4) is 0 Å². The maximum Gasteiger partial charge on any atom is 0.239 e. The summed E-state index contributed by atoms with van der Waals surface area (Å²) in [4.78, 5) is 25.5. The molecule has 0 atom stereocenters. The van der Waals surface area contributed by atoms with E-state index in [9.17, 15) is 4.39 Å². The van der Waals surface area contributed by atoms with Gasteiger partial charge >= 0.3 is 0 Å². The van der Waals surface area contributed by atoms with Crippen LogP contribution < -0.4 is 20.4 Å². The predicted molar refractivity (Wildman–Crippen MR) is 173 cm³/mol. The van der Waals surface area contributed by atoms with Gasteiger partial charge in [-0.1, -0.05) is 0 Å². The smallest absolute Gasteiger partial charge is 0.239 e. The van der Waals surface area contributed by atoms with Crippen molar-refractivity contribution in [3.8, 4) is 0 Å². The van der Waals surface area contributed by atoms with Gasteiger partial charge < -0.3 is 20.4 Å². The molecule has 0 spiro atoms. The first-order chi connectivity index (χ1) is 20.2. The molecule has 2 N–H and O–H groups in total. The Morgan fingerprint density at radius 1 is 0.667 bits per heavy atom. The highest BCUT2D eigenvalue weighted by Crippen LogP contribution is 2.36. The number of hydrogen-bond donors (Lipinski definition) is 2. The lowest BCUT2D eigenvalue weighted by Crippen LogP contribution is -2.42. The topological polar surface area (TPSA) is 83.2 Å².